The van der Waals surface area contributed by atoms with Crippen LogP contribution in [0.3, 0.4) is 0 Å². The molecule has 0 radical (unpaired) electrons. The monoisotopic (exact) mass is 333 g/mol. The molecule has 2 aliphatic heterocycles. The summed E-state index contributed by atoms with van der Waals surface area (Å²) in [5, 5.41) is 1.85. The highest BCUT2D eigenvalue weighted by atomic mass is 32.1. The van der Waals surface area contributed by atoms with Crippen LogP contribution in [0.2, 0.25) is 0 Å². The van der Waals surface area contributed by atoms with Crippen LogP contribution < -0.4 is 0 Å². The van der Waals surface area contributed by atoms with Crippen LogP contribution in [-0.4, -0.2) is 46.9 Å². The number of aryl methyl sites for hydroxylation is 1. The fourth-order valence-corrected chi connectivity index (χ4v) is 5.11. The number of likely N-dealkylation sites (tertiary alicyclic amines) is 2. The van der Waals surface area contributed by atoms with E-state index in [1.165, 1.54) is 21.1 Å². The number of rotatable bonds is 3. The summed E-state index contributed by atoms with van der Waals surface area (Å²) in [6, 6.07) is 4.44. The van der Waals surface area contributed by atoms with Gasteiger partial charge in [0.05, 0.1) is 5.51 Å². The summed E-state index contributed by atoms with van der Waals surface area (Å²) in [6.45, 7) is 7.23. The second kappa shape index (κ2) is 5.76. The van der Waals surface area contributed by atoms with Crippen LogP contribution in [0.1, 0.15) is 20.2 Å². The lowest BCUT2D eigenvalue weighted by atomic mass is 10.0. The van der Waals surface area contributed by atoms with E-state index >= 15 is 0 Å². The van der Waals surface area contributed by atoms with Crippen molar-refractivity contribution >= 4 is 28.6 Å². The van der Waals surface area contributed by atoms with Crippen LogP contribution in [0.25, 0.3) is 0 Å². The number of thiazole rings is 1. The quantitative estimate of drug-likeness (QED) is 0.866. The van der Waals surface area contributed by atoms with Crippen molar-refractivity contribution in [3.05, 3.63) is 38.5 Å². The predicted octanol–water partition coefficient (Wildman–Crippen LogP) is 2.72. The Kier molecular flexibility index (Phi) is 3.76. The van der Waals surface area contributed by atoms with Gasteiger partial charge in [-0.15, -0.1) is 22.7 Å². The molecule has 2 aromatic rings. The molecule has 2 atom stereocenters. The van der Waals surface area contributed by atoms with E-state index in [1.54, 1.807) is 5.51 Å². The van der Waals surface area contributed by atoms with Crippen LogP contribution in [-0.2, 0) is 6.54 Å². The molecule has 2 unspecified atom stereocenters. The Morgan fingerprint density at radius 3 is 2.64 bits per heavy atom. The third-order valence-electron chi connectivity index (χ3n) is 4.68. The molecule has 0 aromatic carbocycles. The number of carbonyl (C=O) groups is 1. The molecule has 6 heteroatoms. The summed E-state index contributed by atoms with van der Waals surface area (Å²) in [5.74, 6) is 1.36. The molecule has 0 saturated carbocycles. The van der Waals surface area contributed by atoms with Crippen LogP contribution in [0.5, 0.6) is 0 Å². The number of nitrogens with zero attached hydrogens (tertiary/aromatic N) is 3. The number of fused-ring (bicyclic) bond motifs is 1. The van der Waals surface area contributed by atoms with E-state index in [-0.39, 0.29) is 5.91 Å². The van der Waals surface area contributed by atoms with Gasteiger partial charge in [0, 0.05) is 47.9 Å². The number of thiophene rings is 1. The van der Waals surface area contributed by atoms with Crippen molar-refractivity contribution in [1.82, 2.24) is 14.8 Å². The van der Waals surface area contributed by atoms with Crippen molar-refractivity contribution in [2.75, 3.05) is 26.2 Å². The van der Waals surface area contributed by atoms with Gasteiger partial charge in [-0.1, -0.05) is 0 Å². The zero-order valence-corrected chi connectivity index (χ0v) is 14.2. The molecular weight excluding hydrogens is 314 g/mol. The summed E-state index contributed by atoms with van der Waals surface area (Å²) >= 11 is 3.38. The maximum atomic E-state index is 12.4. The molecule has 4 nitrogen and oxygen atoms in total. The highest BCUT2D eigenvalue weighted by molar-refractivity contribution is 7.11. The van der Waals surface area contributed by atoms with E-state index < -0.39 is 0 Å². The minimum Gasteiger partial charge on any atom is -0.337 e. The molecule has 0 bridgehead atoms. The zero-order chi connectivity index (χ0) is 15.1. The molecule has 0 N–H and O–H groups in total. The van der Waals surface area contributed by atoms with Gasteiger partial charge in [-0.25, -0.2) is 4.98 Å². The predicted molar refractivity (Wildman–Crippen MR) is 89.3 cm³/mol. The first kappa shape index (κ1) is 14.4. The zero-order valence-electron chi connectivity index (χ0n) is 12.6. The summed E-state index contributed by atoms with van der Waals surface area (Å²) in [7, 11) is 0. The van der Waals surface area contributed by atoms with Gasteiger partial charge in [0.25, 0.3) is 5.91 Å². The van der Waals surface area contributed by atoms with Gasteiger partial charge in [-0.05, 0) is 30.9 Å². The van der Waals surface area contributed by atoms with Crippen molar-refractivity contribution in [1.29, 1.82) is 0 Å². The first-order valence-corrected chi connectivity index (χ1v) is 9.40. The molecule has 22 heavy (non-hydrogen) atoms. The summed E-state index contributed by atoms with van der Waals surface area (Å²) in [5.41, 5.74) is 2.34. The Morgan fingerprint density at radius 2 is 2.05 bits per heavy atom. The molecule has 2 aliphatic rings. The standard InChI is InChI=1S/C16H19N3OS2/c1-11-2-3-14(22-11)8-18-4-12-6-19(7-13(12)5-18)16(20)15-9-21-10-17-15/h2-3,9-10,12-13H,4-8H2,1H3. The molecule has 0 aliphatic carbocycles. The number of hydrogen-bond donors (Lipinski definition) is 0. The second-order valence-corrected chi connectivity index (χ2v) is 8.40. The Bertz CT molecular complexity index is 653. The summed E-state index contributed by atoms with van der Waals surface area (Å²) < 4.78 is 0. The second-order valence-electron chi connectivity index (χ2n) is 6.31. The largest absolute Gasteiger partial charge is 0.337 e. The molecule has 2 aromatic heterocycles. The van der Waals surface area contributed by atoms with Crippen LogP contribution in [0, 0.1) is 18.8 Å². The average molecular weight is 333 g/mol. The summed E-state index contributed by atoms with van der Waals surface area (Å²) in [6.07, 6.45) is 0. The fraction of sp³-hybridized carbons (Fsp3) is 0.500. The third kappa shape index (κ3) is 2.71. The van der Waals surface area contributed by atoms with E-state index in [0.717, 1.165) is 32.7 Å². The molecular formula is C16H19N3OS2. The number of aromatic nitrogens is 1. The van der Waals surface area contributed by atoms with E-state index in [9.17, 15) is 4.79 Å². The average Bonchev–Trinajstić information content (AvgIpc) is 3.21. The fourth-order valence-electron chi connectivity index (χ4n) is 3.66. The van der Waals surface area contributed by atoms with E-state index in [2.05, 4.69) is 28.9 Å². The van der Waals surface area contributed by atoms with Gasteiger partial charge < -0.3 is 4.90 Å². The molecule has 1 amide bonds. The number of amides is 1. The maximum absolute atomic E-state index is 12.4. The smallest absolute Gasteiger partial charge is 0.273 e. The lowest BCUT2D eigenvalue weighted by Crippen LogP contribution is -2.33. The lowest BCUT2D eigenvalue weighted by Gasteiger charge is -2.20. The molecule has 0 spiro atoms. The Morgan fingerprint density at radius 1 is 1.27 bits per heavy atom. The third-order valence-corrected chi connectivity index (χ3v) is 6.25. The number of carbonyl (C=O) groups excluding carboxylic acids is 1. The SMILES string of the molecule is Cc1ccc(CN2CC3CN(C(=O)c4cscn4)CC3C2)s1. The van der Waals surface area contributed by atoms with Gasteiger partial charge in [-0.3, -0.25) is 9.69 Å². The van der Waals surface area contributed by atoms with Gasteiger partial charge in [-0.2, -0.15) is 0 Å². The lowest BCUT2D eigenvalue weighted by molar-refractivity contribution is 0.0768. The van der Waals surface area contributed by atoms with E-state index in [4.69, 9.17) is 0 Å². The molecule has 4 heterocycles. The van der Waals surface area contributed by atoms with Gasteiger partial charge >= 0.3 is 0 Å². The molecule has 116 valence electrons. The van der Waals surface area contributed by atoms with Gasteiger partial charge in [0.2, 0.25) is 0 Å². The van der Waals surface area contributed by atoms with Crippen LogP contribution in [0.4, 0.5) is 0 Å². The van der Waals surface area contributed by atoms with Crippen LogP contribution >= 0.6 is 22.7 Å². The van der Waals surface area contributed by atoms with Crippen molar-refractivity contribution in [3.63, 3.8) is 0 Å². The van der Waals surface area contributed by atoms with Crippen molar-refractivity contribution in [2.24, 2.45) is 11.8 Å². The highest BCUT2D eigenvalue weighted by Crippen LogP contribution is 2.33. The van der Waals surface area contributed by atoms with Gasteiger partial charge in [0.1, 0.15) is 5.69 Å². The topological polar surface area (TPSA) is 36.4 Å². The van der Waals surface area contributed by atoms with E-state index in [1.807, 2.05) is 21.6 Å². The molecule has 4 rings (SSSR count). The van der Waals surface area contributed by atoms with Gasteiger partial charge in [0.15, 0.2) is 0 Å². The summed E-state index contributed by atoms with van der Waals surface area (Å²) in [4.78, 5) is 23.9. The molecule has 2 saturated heterocycles. The van der Waals surface area contributed by atoms with Crippen molar-refractivity contribution in [2.45, 2.75) is 13.5 Å². The minimum atomic E-state index is 0.107. The normalized spacial score (nSPS) is 24.9. The Hall–Kier alpha value is -1.24. The van der Waals surface area contributed by atoms with Crippen molar-refractivity contribution < 1.29 is 4.79 Å². The Labute approximate surface area is 138 Å². The van der Waals surface area contributed by atoms with Crippen molar-refractivity contribution in [3.8, 4) is 0 Å². The number of hydrogen-bond acceptors (Lipinski definition) is 5. The first-order chi connectivity index (χ1) is 10.7. The maximum Gasteiger partial charge on any atom is 0.273 e. The minimum absolute atomic E-state index is 0.107. The Balaban J connectivity index is 1.35. The highest BCUT2D eigenvalue weighted by Gasteiger charge is 2.41. The van der Waals surface area contributed by atoms with E-state index in [0.29, 0.717) is 17.5 Å². The van der Waals surface area contributed by atoms with Crippen LogP contribution in [0.15, 0.2) is 23.0 Å². The first-order valence-electron chi connectivity index (χ1n) is 7.64. The molecule has 2 fully saturated rings.